The SMILES string of the molecule is Cc1ccccc1C(N)CC(=O)NC1CC1. The zero-order chi connectivity index (χ0) is 11.5. The Bertz CT molecular complexity index is 385. The molecule has 0 bridgehead atoms. The Morgan fingerprint density at radius 2 is 2.19 bits per heavy atom. The zero-order valence-electron chi connectivity index (χ0n) is 9.57. The van der Waals surface area contributed by atoms with Crippen molar-refractivity contribution < 1.29 is 4.79 Å². The maximum absolute atomic E-state index is 11.6. The molecule has 0 aliphatic heterocycles. The van der Waals surface area contributed by atoms with Crippen molar-refractivity contribution in [2.24, 2.45) is 5.73 Å². The lowest BCUT2D eigenvalue weighted by molar-refractivity contribution is -0.121. The van der Waals surface area contributed by atoms with Crippen LogP contribution in [0.4, 0.5) is 0 Å². The Morgan fingerprint density at radius 3 is 2.81 bits per heavy atom. The molecule has 1 aliphatic rings. The predicted octanol–water partition coefficient (Wildman–Crippen LogP) is 1.66. The Labute approximate surface area is 96.0 Å². The number of hydrogen-bond acceptors (Lipinski definition) is 2. The van der Waals surface area contributed by atoms with E-state index < -0.39 is 0 Å². The van der Waals surface area contributed by atoms with Gasteiger partial charge in [0.15, 0.2) is 0 Å². The monoisotopic (exact) mass is 218 g/mol. The lowest BCUT2D eigenvalue weighted by Gasteiger charge is -2.14. The highest BCUT2D eigenvalue weighted by Gasteiger charge is 2.24. The average molecular weight is 218 g/mol. The second kappa shape index (κ2) is 4.66. The van der Waals surface area contributed by atoms with Gasteiger partial charge in [-0.15, -0.1) is 0 Å². The Hall–Kier alpha value is -1.35. The van der Waals surface area contributed by atoms with Gasteiger partial charge >= 0.3 is 0 Å². The number of nitrogens with one attached hydrogen (secondary N) is 1. The van der Waals surface area contributed by atoms with E-state index in [0.29, 0.717) is 12.5 Å². The van der Waals surface area contributed by atoms with Crippen molar-refractivity contribution in [1.82, 2.24) is 5.32 Å². The van der Waals surface area contributed by atoms with Gasteiger partial charge < -0.3 is 11.1 Å². The van der Waals surface area contributed by atoms with Crippen molar-refractivity contribution in [3.8, 4) is 0 Å². The molecule has 1 aromatic carbocycles. The summed E-state index contributed by atoms with van der Waals surface area (Å²) in [4.78, 5) is 11.6. The second-order valence-corrected chi connectivity index (χ2v) is 4.51. The largest absolute Gasteiger partial charge is 0.353 e. The maximum Gasteiger partial charge on any atom is 0.222 e. The van der Waals surface area contributed by atoms with Gasteiger partial charge in [-0.1, -0.05) is 24.3 Å². The summed E-state index contributed by atoms with van der Waals surface area (Å²) in [6, 6.07) is 8.17. The summed E-state index contributed by atoms with van der Waals surface area (Å²) >= 11 is 0. The highest BCUT2D eigenvalue weighted by molar-refractivity contribution is 5.77. The van der Waals surface area contributed by atoms with Crippen LogP contribution in [0, 0.1) is 6.92 Å². The fourth-order valence-electron chi connectivity index (χ4n) is 1.83. The molecule has 16 heavy (non-hydrogen) atoms. The van der Waals surface area contributed by atoms with Gasteiger partial charge in [-0.05, 0) is 30.9 Å². The normalized spacial score (nSPS) is 16.9. The van der Waals surface area contributed by atoms with Gasteiger partial charge in [-0.25, -0.2) is 0 Å². The number of rotatable bonds is 4. The molecule has 0 spiro atoms. The minimum atomic E-state index is -0.194. The van der Waals surface area contributed by atoms with E-state index in [0.717, 1.165) is 24.0 Å². The van der Waals surface area contributed by atoms with Crippen molar-refractivity contribution in [1.29, 1.82) is 0 Å². The van der Waals surface area contributed by atoms with E-state index in [9.17, 15) is 4.79 Å². The molecule has 3 heteroatoms. The van der Waals surface area contributed by atoms with Crippen molar-refractivity contribution in [3.05, 3.63) is 35.4 Å². The first-order valence-corrected chi connectivity index (χ1v) is 5.77. The summed E-state index contributed by atoms with van der Waals surface area (Å²) in [5.41, 5.74) is 8.24. The van der Waals surface area contributed by atoms with Gasteiger partial charge in [-0.2, -0.15) is 0 Å². The Morgan fingerprint density at radius 1 is 1.50 bits per heavy atom. The van der Waals surface area contributed by atoms with Crippen LogP contribution >= 0.6 is 0 Å². The van der Waals surface area contributed by atoms with E-state index in [2.05, 4.69) is 5.32 Å². The third-order valence-corrected chi connectivity index (χ3v) is 2.94. The van der Waals surface area contributed by atoms with Gasteiger partial charge in [0, 0.05) is 18.5 Å². The van der Waals surface area contributed by atoms with Crippen LogP contribution in [-0.4, -0.2) is 11.9 Å². The summed E-state index contributed by atoms with van der Waals surface area (Å²) in [6.07, 6.45) is 2.61. The highest BCUT2D eigenvalue weighted by Crippen LogP contribution is 2.21. The van der Waals surface area contributed by atoms with Crippen LogP contribution in [0.5, 0.6) is 0 Å². The molecule has 1 saturated carbocycles. The minimum absolute atomic E-state index is 0.0678. The Kier molecular flexibility index (Phi) is 3.25. The maximum atomic E-state index is 11.6. The van der Waals surface area contributed by atoms with Crippen LogP contribution in [0.2, 0.25) is 0 Å². The van der Waals surface area contributed by atoms with Crippen molar-refractivity contribution in [3.63, 3.8) is 0 Å². The summed E-state index contributed by atoms with van der Waals surface area (Å²) in [5, 5.41) is 2.96. The lowest BCUT2D eigenvalue weighted by Crippen LogP contribution is -2.29. The van der Waals surface area contributed by atoms with Crippen LogP contribution in [0.25, 0.3) is 0 Å². The molecule has 1 aliphatic carbocycles. The molecule has 1 amide bonds. The summed E-state index contributed by atoms with van der Waals surface area (Å²) in [6.45, 7) is 2.02. The van der Waals surface area contributed by atoms with E-state index in [1.165, 1.54) is 0 Å². The molecule has 0 radical (unpaired) electrons. The van der Waals surface area contributed by atoms with E-state index in [4.69, 9.17) is 5.73 Å². The van der Waals surface area contributed by atoms with E-state index in [1.807, 2.05) is 31.2 Å². The van der Waals surface area contributed by atoms with Gasteiger partial charge in [0.25, 0.3) is 0 Å². The number of carbonyl (C=O) groups is 1. The van der Waals surface area contributed by atoms with Gasteiger partial charge in [0.05, 0.1) is 0 Å². The minimum Gasteiger partial charge on any atom is -0.353 e. The predicted molar refractivity (Wildman–Crippen MR) is 63.9 cm³/mol. The number of hydrogen-bond donors (Lipinski definition) is 2. The molecular weight excluding hydrogens is 200 g/mol. The van der Waals surface area contributed by atoms with Crippen molar-refractivity contribution in [2.75, 3.05) is 0 Å². The summed E-state index contributed by atoms with van der Waals surface area (Å²) < 4.78 is 0. The first-order chi connectivity index (χ1) is 7.66. The van der Waals surface area contributed by atoms with Gasteiger partial charge in [0.2, 0.25) is 5.91 Å². The number of aryl methyl sites for hydroxylation is 1. The lowest BCUT2D eigenvalue weighted by atomic mass is 9.99. The van der Waals surface area contributed by atoms with Crippen LogP contribution in [0.3, 0.4) is 0 Å². The molecule has 0 heterocycles. The molecule has 1 fully saturated rings. The third-order valence-electron chi connectivity index (χ3n) is 2.94. The number of amides is 1. The average Bonchev–Trinajstić information content (AvgIpc) is 3.01. The van der Waals surface area contributed by atoms with Gasteiger partial charge in [-0.3, -0.25) is 4.79 Å². The van der Waals surface area contributed by atoms with Crippen LogP contribution in [-0.2, 0) is 4.79 Å². The number of benzene rings is 1. The van der Waals surface area contributed by atoms with E-state index in [1.54, 1.807) is 0 Å². The molecule has 3 nitrogen and oxygen atoms in total. The summed E-state index contributed by atoms with van der Waals surface area (Å²) in [7, 11) is 0. The fourth-order valence-corrected chi connectivity index (χ4v) is 1.83. The fraction of sp³-hybridized carbons (Fsp3) is 0.462. The topological polar surface area (TPSA) is 55.1 Å². The quantitative estimate of drug-likeness (QED) is 0.807. The summed E-state index contributed by atoms with van der Waals surface area (Å²) in [5.74, 6) is 0.0678. The van der Waals surface area contributed by atoms with Crippen LogP contribution < -0.4 is 11.1 Å². The highest BCUT2D eigenvalue weighted by atomic mass is 16.1. The molecule has 0 saturated heterocycles. The van der Waals surface area contributed by atoms with Gasteiger partial charge in [0.1, 0.15) is 0 Å². The molecular formula is C13H18N2O. The van der Waals surface area contributed by atoms with E-state index >= 15 is 0 Å². The number of nitrogens with two attached hydrogens (primary N) is 1. The van der Waals surface area contributed by atoms with Crippen molar-refractivity contribution in [2.45, 2.75) is 38.3 Å². The molecule has 3 N–H and O–H groups in total. The molecule has 2 rings (SSSR count). The smallest absolute Gasteiger partial charge is 0.222 e. The second-order valence-electron chi connectivity index (χ2n) is 4.51. The van der Waals surface area contributed by atoms with Crippen LogP contribution in [0.1, 0.15) is 36.4 Å². The van der Waals surface area contributed by atoms with Crippen LogP contribution in [0.15, 0.2) is 24.3 Å². The zero-order valence-corrected chi connectivity index (χ0v) is 9.57. The standard InChI is InChI=1S/C13H18N2O/c1-9-4-2-3-5-11(9)12(14)8-13(16)15-10-6-7-10/h2-5,10,12H,6-8,14H2,1H3,(H,15,16). The Balaban J connectivity index is 1.93. The molecule has 1 unspecified atom stereocenters. The van der Waals surface area contributed by atoms with E-state index in [-0.39, 0.29) is 11.9 Å². The molecule has 0 aromatic heterocycles. The van der Waals surface area contributed by atoms with Crippen molar-refractivity contribution >= 4 is 5.91 Å². The third kappa shape index (κ3) is 2.83. The molecule has 1 aromatic rings. The first-order valence-electron chi connectivity index (χ1n) is 5.77. The molecule has 1 atom stereocenters. The first kappa shape index (κ1) is 11.1. The molecule has 86 valence electrons. The number of carbonyl (C=O) groups excluding carboxylic acids is 1.